The predicted octanol–water partition coefficient (Wildman–Crippen LogP) is 4.99. The van der Waals surface area contributed by atoms with E-state index in [-0.39, 0.29) is 13.0 Å². The Morgan fingerprint density at radius 3 is 2.53 bits per heavy atom. The summed E-state index contributed by atoms with van der Waals surface area (Å²) in [5, 5.41) is 26.9. The highest BCUT2D eigenvalue weighted by molar-refractivity contribution is 5.95. The van der Waals surface area contributed by atoms with Crippen LogP contribution < -0.4 is 10.5 Å². The predicted molar refractivity (Wildman–Crippen MR) is 140 cm³/mol. The second kappa shape index (κ2) is 9.26. The van der Waals surface area contributed by atoms with E-state index in [1.54, 1.807) is 6.20 Å². The number of para-hydroxylation sites is 1. The van der Waals surface area contributed by atoms with Gasteiger partial charge in [0.1, 0.15) is 23.9 Å². The number of nitrogens with two attached hydrogens (primary N) is 1. The van der Waals surface area contributed by atoms with Crippen molar-refractivity contribution in [1.29, 1.82) is 0 Å². The molecule has 0 unspecified atom stereocenters. The quantitative estimate of drug-likeness (QED) is 0.283. The fourth-order valence-electron chi connectivity index (χ4n) is 4.93. The lowest BCUT2D eigenvalue weighted by Gasteiger charge is -2.26. The Morgan fingerprint density at radius 2 is 1.75 bits per heavy atom. The minimum Gasteiger partial charge on any atom is -0.487 e. The standard InChI is InChI=1S/C29H28N4O3/c30-29-23-14-19(9-8-18(23)12-13-31-29)20-10-11-26-24(15-20)25(32-33(26)22-5-3-6-22)17-36-27-7-2-1-4-21(27)16-28(34)35/h1-2,4,7-15,22,28,34-35H,3,5-6,16-17H2,(H2,30,31). The lowest BCUT2D eigenvalue weighted by atomic mass is 9.93. The van der Waals surface area contributed by atoms with Gasteiger partial charge < -0.3 is 20.7 Å². The summed E-state index contributed by atoms with van der Waals surface area (Å²) in [6.07, 6.45) is 3.89. The second-order valence-corrected chi connectivity index (χ2v) is 9.42. The van der Waals surface area contributed by atoms with E-state index in [1.807, 2.05) is 30.3 Å². The van der Waals surface area contributed by atoms with Crippen LogP contribution in [0.4, 0.5) is 5.82 Å². The zero-order valence-corrected chi connectivity index (χ0v) is 19.8. The van der Waals surface area contributed by atoms with Gasteiger partial charge in [0.25, 0.3) is 0 Å². The Balaban J connectivity index is 1.39. The highest BCUT2D eigenvalue weighted by Crippen LogP contribution is 2.37. The molecule has 1 aliphatic carbocycles. The molecule has 7 nitrogen and oxygen atoms in total. The van der Waals surface area contributed by atoms with Gasteiger partial charge in [0.15, 0.2) is 6.29 Å². The van der Waals surface area contributed by atoms with Crippen LogP contribution in [-0.2, 0) is 13.0 Å². The van der Waals surface area contributed by atoms with Crippen LogP contribution >= 0.6 is 0 Å². The number of fused-ring (bicyclic) bond motifs is 2. The molecule has 0 saturated heterocycles. The molecule has 1 saturated carbocycles. The number of aliphatic hydroxyl groups excluding tert-OH is 1. The van der Waals surface area contributed by atoms with Crippen molar-refractivity contribution in [2.45, 2.75) is 44.6 Å². The molecule has 0 atom stereocenters. The van der Waals surface area contributed by atoms with Gasteiger partial charge in [0, 0.05) is 23.4 Å². The fraction of sp³-hybridized carbons (Fsp3) is 0.241. The van der Waals surface area contributed by atoms with Crippen molar-refractivity contribution in [3.63, 3.8) is 0 Å². The average molecular weight is 481 g/mol. The van der Waals surface area contributed by atoms with E-state index in [4.69, 9.17) is 15.6 Å². The lowest BCUT2D eigenvalue weighted by Crippen LogP contribution is -2.18. The van der Waals surface area contributed by atoms with Gasteiger partial charge in [-0.15, -0.1) is 0 Å². The van der Waals surface area contributed by atoms with Gasteiger partial charge in [-0.1, -0.05) is 36.4 Å². The lowest BCUT2D eigenvalue weighted by molar-refractivity contribution is -0.0385. The minimum atomic E-state index is -1.43. The van der Waals surface area contributed by atoms with E-state index in [0.717, 1.165) is 56.9 Å². The third-order valence-corrected chi connectivity index (χ3v) is 7.07. The van der Waals surface area contributed by atoms with Crippen molar-refractivity contribution in [2.75, 3.05) is 5.73 Å². The summed E-state index contributed by atoms with van der Waals surface area (Å²) in [6, 6.07) is 22.5. The van der Waals surface area contributed by atoms with Gasteiger partial charge in [-0.2, -0.15) is 5.10 Å². The van der Waals surface area contributed by atoms with E-state index in [0.29, 0.717) is 17.6 Å². The highest BCUT2D eigenvalue weighted by Gasteiger charge is 2.24. The van der Waals surface area contributed by atoms with Gasteiger partial charge >= 0.3 is 0 Å². The molecule has 1 aliphatic rings. The maximum absolute atomic E-state index is 9.45. The SMILES string of the molecule is Nc1nccc2ccc(-c3ccc4c(c3)c(COc3ccccc3CC(O)O)nn4C3CCC3)cc12. The summed E-state index contributed by atoms with van der Waals surface area (Å²) < 4.78 is 8.32. The van der Waals surface area contributed by atoms with Gasteiger partial charge in [-0.25, -0.2) is 4.98 Å². The number of hydrogen-bond acceptors (Lipinski definition) is 6. The Labute approximate surface area is 208 Å². The molecule has 2 heterocycles. The van der Waals surface area contributed by atoms with Crippen LogP contribution in [0.15, 0.2) is 72.9 Å². The maximum atomic E-state index is 9.45. The van der Waals surface area contributed by atoms with Crippen LogP contribution in [0.1, 0.15) is 36.6 Å². The van der Waals surface area contributed by atoms with E-state index in [9.17, 15) is 10.2 Å². The van der Waals surface area contributed by atoms with Gasteiger partial charge in [-0.05, 0) is 71.7 Å². The van der Waals surface area contributed by atoms with Gasteiger partial charge in [0.2, 0.25) is 0 Å². The number of aromatic nitrogens is 3. The number of benzene rings is 3. The molecule has 0 bridgehead atoms. The molecule has 4 N–H and O–H groups in total. The zero-order chi connectivity index (χ0) is 24.6. The van der Waals surface area contributed by atoms with Crippen molar-refractivity contribution in [3.05, 3.63) is 84.2 Å². The van der Waals surface area contributed by atoms with Crippen LogP contribution in [0, 0.1) is 0 Å². The third-order valence-electron chi connectivity index (χ3n) is 7.07. The van der Waals surface area contributed by atoms with E-state index >= 15 is 0 Å². The molecule has 7 heteroatoms. The van der Waals surface area contributed by atoms with Crippen molar-refractivity contribution in [1.82, 2.24) is 14.8 Å². The van der Waals surface area contributed by atoms with Crippen molar-refractivity contribution < 1.29 is 14.9 Å². The van der Waals surface area contributed by atoms with E-state index < -0.39 is 6.29 Å². The second-order valence-electron chi connectivity index (χ2n) is 9.42. The Morgan fingerprint density at radius 1 is 0.972 bits per heavy atom. The number of pyridine rings is 1. The molecular weight excluding hydrogens is 452 g/mol. The summed E-state index contributed by atoms with van der Waals surface area (Å²) in [6.45, 7) is 0.285. The third kappa shape index (κ3) is 4.17. The van der Waals surface area contributed by atoms with Crippen molar-refractivity contribution in [3.8, 4) is 16.9 Å². The molecule has 182 valence electrons. The summed E-state index contributed by atoms with van der Waals surface area (Å²) in [4.78, 5) is 4.24. The zero-order valence-electron chi connectivity index (χ0n) is 19.8. The van der Waals surface area contributed by atoms with Crippen LogP contribution in [0.5, 0.6) is 5.75 Å². The number of aliphatic hydroxyl groups is 2. The highest BCUT2D eigenvalue weighted by atomic mass is 16.5. The van der Waals surface area contributed by atoms with Crippen molar-refractivity contribution in [2.24, 2.45) is 0 Å². The topological polar surface area (TPSA) is 106 Å². The Bertz CT molecular complexity index is 1560. The molecule has 36 heavy (non-hydrogen) atoms. The molecule has 0 spiro atoms. The Kier molecular flexibility index (Phi) is 5.79. The number of nitrogens with zero attached hydrogens (tertiary/aromatic N) is 3. The number of rotatable bonds is 7. The number of anilines is 1. The average Bonchev–Trinajstić information content (AvgIpc) is 3.19. The first kappa shape index (κ1) is 22.5. The first-order chi connectivity index (χ1) is 17.6. The van der Waals surface area contributed by atoms with Crippen LogP contribution in [0.2, 0.25) is 0 Å². The first-order valence-electron chi connectivity index (χ1n) is 12.3. The maximum Gasteiger partial charge on any atom is 0.155 e. The monoisotopic (exact) mass is 480 g/mol. The number of hydrogen-bond donors (Lipinski definition) is 3. The van der Waals surface area contributed by atoms with Crippen LogP contribution in [0.3, 0.4) is 0 Å². The molecule has 3 aromatic carbocycles. The summed E-state index contributed by atoms with van der Waals surface area (Å²) in [5.41, 5.74) is 11.0. The van der Waals surface area contributed by atoms with E-state index in [2.05, 4.69) is 46.1 Å². The van der Waals surface area contributed by atoms with Gasteiger partial charge in [0.05, 0.1) is 11.6 Å². The first-order valence-corrected chi connectivity index (χ1v) is 12.3. The minimum absolute atomic E-state index is 0.109. The summed E-state index contributed by atoms with van der Waals surface area (Å²) in [5.74, 6) is 1.15. The number of nitrogen functional groups attached to an aromatic ring is 1. The number of ether oxygens (including phenoxy) is 1. The van der Waals surface area contributed by atoms with E-state index in [1.165, 1.54) is 6.42 Å². The van der Waals surface area contributed by atoms with Crippen LogP contribution in [0.25, 0.3) is 32.8 Å². The molecule has 5 aromatic rings. The molecule has 0 aliphatic heterocycles. The molecule has 0 amide bonds. The molecule has 0 radical (unpaired) electrons. The smallest absolute Gasteiger partial charge is 0.155 e. The van der Waals surface area contributed by atoms with Crippen molar-refractivity contribution >= 4 is 27.5 Å². The molecular formula is C29H28N4O3. The fourth-order valence-corrected chi connectivity index (χ4v) is 4.93. The Hall–Kier alpha value is -3.94. The normalized spacial score (nSPS) is 14.0. The summed E-state index contributed by atoms with van der Waals surface area (Å²) >= 11 is 0. The van der Waals surface area contributed by atoms with Gasteiger partial charge in [-0.3, -0.25) is 4.68 Å². The molecule has 1 fully saturated rings. The van der Waals surface area contributed by atoms with Crippen LogP contribution in [-0.4, -0.2) is 31.3 Å². The molecule has 6 rings (SSSR count). The largest absolute Gasteiger partial charge is 0.487 e. The molecule has 2 aromatic heterocycles. The summed E-state index contributed by atoms with van der Waals surface area (Å²) in [7, 11) is 0.